The maximum Gasteiger partial charge on any atom is 0.191 e. The third kappa shape index (κ3) is 4.67. The van der Waals surface area contributed by atoms with Gasteiger partial charge in [0.2, 0.25) is 0 Å². The summed E-state index contributed by atoms with van der Waals surface area (Å²) in [4.78, 5) is 4.64. The van der Waals surface area contributed by atoms with Gasteiger partial charge in [-0.1, -0.05) is 11.6 Å². The molecule has 1 aliphatic carbocycles. The summed E-state index contributed by atoms with van der Waals surface area (Å²) in [7, 11) is 0. The average molecular weight is 338 g/mol. The SMILES string of the molecule is CCNC(=NCc1cc(Cl)c2c(c1)OCCCO2)NCC1CC1. The van der Waals surface area contributed by atoms with Gasteiger partial charge in [-0.05, 0) is 43.4 Å². The fraction of sp³-hybridized carbons (Fsp3) is 0.588. The molecule has 1 heterocycles. The number of nitrogens with zero attached hydrogens (tertiary/aromatic N) is 1. The number of benzene rings is 1. The molecule has 0 amide bonds. The van der Waals surface area contributed by atoms with Crippen LogP contribution in [0.25, 0.3) is 0 Å². The highest BCUT2D eigenvalue weighted by Gasteiger charge is 2.21. The largest absolute Gasteiger partial charge is 0.489 e. The van der Waals surface area contributed by atoms with E-state index in [4.69, 9.17) is 21.1 Å². The molecule has 0 saturated heterocycles. The molecule has 1 aromatic carbocycles. The van der Waals surface area contributed by atoms with E-state index < -0.39 is 0 Å². The first kappa shape index (κ1) is 16.2. The maximum atomic E-state index is 6.32. The fourth-order valence-electron chi connectivity index (χ4n) is 2.45. The summed E-state index contributed by atoms with van der Waals surface area (Å²) in [5.74, 6) is 3.03. The Morgan fingerprint density at radius 2 is 2.09 bits per heavy atom. The van der Waals surface area contributed by atoms with E-state index in [9.17, 15) is 0 Å². The van der Waals surface area contributed by atoms with Crippen molar-refractivity contribution >= 4 is 17.6 Å². The molecule has 0 atom stereocenters. The molecular formula is C17H24ClN3O2. The van der Waals surface area contributed by atoms with Crippen molar-refractivity contribution in [3.8, 4) is 11.5 Å². The van der Waals surface area contributed by atoms with Crippen molar-refractivity contribution in [3.05, 3.63) is 22.7 Å². The molecule has 23 heavy (non-hydrogen) atoms. The summed E-state index contributed by atoms with van der Waals surface area (Å²) in [5.41, 5.74) is 1.02. The van der Waals surface area contributed by atoms with Gasteiger partial charge in [-0.25, -0.2) is 4.99 Å². The number of aliphatic imine (C=N–C) groups is 1. The van der Waals surface area contributed by atoms with Gasteiger partial charge in [-0.15, -0.1) is 0 Å². The van der Waals surface area contributed by atoms with Gasteiger partial charge in [0, 0.05) is 19.5 Å². The minimum absolute atomic E-state index is 0.552. The molecule has 1 fully saturated rings. The van der Waals surface area contributed by atoms with Crippen LogP contribution in [-0.2, 0) is 6.54 Å². The van der Waals surface area contributed by atoms with E-state index in [0.717, 1.165) is 42.7 Å². The molecule has 1 aromatic rings. The van der Waals surface area contributed by atoms with Gasteiger partial charge >= 0.3 is 0 Å². The van der Waals surface area contributed by atoms with Crippen LogP contribution in [0.1, 0.15) is 31.7 Å². The molecule has 1 saturated carbocycles. The molecule has 3 rings (SSSR count). The Bertz CT molecular complexity index is 573. The second-order valence-electron chi connectivity index (χ2n) is 5.97. The van der Waals surface area contributed by atoms with Crippen LogP contribution in [0.3, 0.4) is 0 Å². The first-order chi connectivity index (χ1) is 11.3. The fourth-order valence-corrected chi connectivity index (χ4v) is 2.74. The topological polar surface area (TPSA) is 54.9 Å². The molecule has 0 radical (unpaired) electrons. The van der Waals surface area contributed by atoms with E-state index >= 15 is 0 Å². The number of ether oxygens (including phenoxy) is 2. The molecule has 0 spiro atoms. The molecule has 2 N–H and O–H groups in total. The highest BCUT2D eigenvalue weighted by molar-refractivity contribution is 6.32. The Hall–Kier alpha value is -1.62. The van der Waals surface area contributed by atoms with Crippen LogP contribution in [-0.4, -0.2) is 32.3 Å². The van der Waals surface area contributed by atoms with Crippen molar-refractivity contribution in [2.24, 2.45) is 10.9 Å². The summed E-state index contributed by atoms with van der Waals surface area (Å²) >= 11 is 6.32. The van der Waals surface area contributed by atoms with E-state index in [0.29, 0.717) is 30.5 Å². The number of rotatable bonds is 5. The van der Waals surface area contributed by atoms with Crippen LogP contribution in [0, 0.1) is 5.92 Å². The zero-order valence-electron chi connectivity index (χ0n) is 13.5. The number of hydrogen-bond acceptors (Lipinski definition) is 3. The molecular weight excluding hydrogens is 314 g/mol. The second-order valence-corrected chi connectivity index (χ2v) is 6.38. The van der Waals surface area contributed by atoms with Crippen molar-refractivity contribution in [2.75, 3.05) is 26.3 Å². The molecule has 0 bridgehead atoms. The lowest BCUT2D eigenvalue weighted by Crippen LogP contribution is -2.38. The minimum atomic E-state index is 0.552. The maximum absolute atomic E-state index is 6.32. The van der Waals surface area contributed by atoms with Crippen molar-refractivity contribution in [1.29, 1.82) is 0 Å². The molecule has 0 unspecified atom stereocenters. The predicted molar refractivity (Wildman–Crippen MR) is 92.6 cm³/mol. The van der Waals surface area contributed by atoms with E-state index in [2.05, 4.69) is 22.5 Å². The lowest BCUT2D eigenvalue weighted by molar-refractivity contribution is 0.297. The molecule has 6 heteroatoms. The van der Waals surface area contributed by atoms with Crippen LogP contribution in [0.15, 0.2) is 17.1 Å². The Balaban J connectivity index is 1.68. The van der Waals surface area contributed by atoms with Crippen LogP contribution >= 0.6 is 11.6 Å². The minimum Gasteiger partial charge on any atom is -0.489 e. The van der Waals surface area contributed by atoms with Crippen LogP contribution in [0.4, 0.5) is 0 Å². The number of fused-ring (bicyclic) bond motifs is 1. The average Bonchev–Trinajstić information content (AvgIpc) is 3.36. The van der Waals surface area contributed by atoms with Gasteiger partial charge in [-0.3, -0.25) is 0 Å². The van der Waals surface area contributed by atoms with Crippen LogP contribution in [0.2, 0.25) is 5.02 Å². The molecule has 0 aromatic heterocycles. The van der Waals surface area contributed by atoms with Gasteiger partial charge in [0.25, 0.3) is 0 Å². The zero-order chi connectivity index (χ0) is 16.1. The van der Waals surface area contributed by atoms with Crippen molar-refractivity contribution in [2.45, 2.75) is 32.7 Å². The van der Waals surface area contributed by atoms with Gasteiger partial charge in [0.1, 0.15) is 0 Å². The standard InChI is InChI=1S/C17H24ClN3O2/c1-2-19-17(20-10-12-4-5-12)21-11-13-8-14(18)16-15(9-13)22-6-3-7-23-16/h8-9,12H,2-7,10-11H2,1H3,(H2,19,20,21). The second kappa shape index (κ2) is 7.77. The summed E-state index contributed by atoms with van der Waals surface area (Å²) < 4.78 is 11.4. The quantitative estimate of drug-likeness (QED) is 0.640. The third-order valence-corrected chi connectivity index (χ3v) is 4.16. The Morgan fingerprint density at radius 1 is 1.26 bits per heavy atom. The highest BCUT2D eigenvalue weighted by atomic mass is 35.5. The Kier molecular flexibility index (Phi) is 5.49. The monoisotopic (exact) mass is 337 g/mol. The Labute approximate surface area is 142 Å². The van der Waals surface area contributed by atoms with Crippen LogP contribution < -0.4 is 20.1 Å². The summed E-state index contributed by atoms with van der Waals surface area (Å²) in [6, 6.07) is 3.88. The van der Waals surface area contributed by atoms with Gasteiger partial charge in [-0.2, -0.15) is 0 Å². The smallest absolute Gasteiger partial charge is 0.191 e. The van der Waals surface area contributed by atoms with Gasteiger partial charge in [0.05, 0.1) is 24.8 Å². The Morgan fingerprint density at radius 3 is 2.87 bits per heavy atom. The number of halogens is 1. The van der Waals surface area contributed by atoms with E-state index in [1.54, 1.807) is 0 Å². The molecule has 5 nitrogen and oxygen atoms in total. The predicted octanol–water partition coefficient (Wildman–Crippen LogP) is 2.97. The molecule has 126 valence electrons. The normalized spacial score (nSPS) is 17.6. The summed E-state index contributed by atoms with van der Waals surface area (Å²) in [6.45, 7) is 5.75. The first-order valence-corrected chi connectivity index (χ1v) is 8.74. The summed E-state index contributed by atoms with van der Waals surface area (Å²) in [6.07, 6.45) is 3.52. The number of guanidine groups is 1. The van der Waals surface area contributed by atoms with E-state index in [1.807, 2.05) is 12.1 Å². The lowest BCUT2D eigenvalue weighted by Gasteiger charge is -2.12. The first-order valence-electron chi connectivity index (χ1n) is 8.36. The molecule has 1 aliphatic heterocycles. The van der Waals surface area contributed by atoms with E-state index in [1.165, 1.54) is 12.8 Å². The highest BCUT2D eigenvalue weighted by Crippen LogP contribution is 2.38. The van der Waals surface area contributed by atoms with Crippen LogP contribution in [0.5, 0.6) is 11.5 Å². The number of nitrogens with one attached hydrogen (secondary N) is 2. The van der Waals surface area contributed by atoms with Crippen molar-refractivity contribution in [3.63, 3.8) is 0 Å². The lowest BCUT2D eigenvalue weighted by atomic mass is 10.2. The molecule has 2 aliphatic rings. The number of hydrogen-bond donors (Lipinski definition) is 2. The van der Waals surface area contributed by atoms with Crippen molar-refractivity contribution in [1.82, 2.24) is 10.6 Å². The third-order valence-electron chi connectivity index (χ3n) is 3.88. The van der Waals surface area contributed by atoms with E-state index in [-0.39, 0.29) is 0 Å². The van der Waals surface area contributed by atoms with Gasteiger partial charge < -0.3 is 20.1 Å². The van der Waals surface area contributed by atoms with Gasteiger partial charge in [0.15, 0.2) is 17.5 Å². The summed E-state index contributed by atoms with van der Waals surface area (Å²) in [5, 5.41) is 7.25. The zero-order valence-corrected chi connectivity index (χ0v) is 14.3. The van der Waals surface area contributed by atoms with Crippen molar-refractivity contribution < 1.29 is 9.47 Å².